The SMILES string of the molecule is O=S(=O)(c1cnc(Cl)s1)N(CCO)C1CC1. The van der Waals surface area contributed by atoms with Crippen LogP contribution in [0.2, 0.25) is 4.47 Å². The second-order valence-electron chi connectivity index (χ2n) is 3.50. The minimum Gasteiger partial charge on any atom is -0.395 e. The average molecular weight is 283 g/mol. The van der Waals surface area contributed by atoms with Crippen molar-refractivity contribution in [3.05, 3.63) is 10.7 Å². The number of aliphatic hydroxyl groups is 1. The summed E-state index contributed by atoms with van der Waals surface area (Å²) in [6.45, 7) is -0.0508. The monoisotopic (exact) mass is 282 g/mol. The second kappa shape index (κ2) is 4.58. The summed E-state index contributed by atoms with van der Waals surface area (Å²) in [6, 6.07) is 0.0259. The smallest absolute Gasteiger partial charge is 0.254 e. The van der Waals surface area contributed by atoms with Gasteiger partial charge in [0, 0.05) is 12.6 Å². The summed E-state index contributed by atoms with van der Waals surface area (Å²) in [6.07, 6.45) is 2.96. The molecular formula is C8H11ClN2O3S2. The molecule has 0 aliphatic heterocycles. The Morgan fingerprint density at radius 2 is 2.31 bits per heavy atom. The first-order valence-electron chi connectivity index (χ1n) is 4.79. The van der Waals surface area contributed by atoms with E-state index >= 15 is 0 Å². The topological polar surface area (TPSA) is 70.5 Å². The van der Waals surface area contributed by atoms with Gasteiger partial charge in [0.1, 0.15) is 0 Å². The van der Waals surface area contributed by atoms with E-state index in [-0.39, 0.29) is 27.9 Å². The summed E-state index contributed by atoms with van der Waals surface area (Å²) in [5, 5.41) is 8.88. The van der Waals surface area contributed by atoms with E-state index in [2.05, 4.69) is 4.98 Å². The van der Waals surface area contributed by atoms with Crippen LogP contribution < -0.4 is 0 Å². The number of thiazole rings is 1. The fourth-order valence-corrected chi connectivity index (χ4v) is 4.53. The van der Waals surface area contributed by atoms with Crippen LogP contribution in [0.15, 0.2) is 10.4 Å². The molecule has 1 saturated carbocycles. The lowest BCUT2D eigenvalue weighted by Crippen LogP contribution is -2.35. The van der Waals surface area contributed by atoms with Crippen molar-refractivity contribution in [2.24, 2.45) is 0 Å². The van der Waals surface area contributed by atoms with Crippen molar-refractivity contribution in [2.75, 3.05) is 13.2 Å². The van der Waals surface area contributed by atoms with Gasteiger partial charge >= 0.3 is 0 Å². The minimum absolute atomic E-state index is 0.0259. The maximum atomic E-state index is 12.1. The van der Waals surface area contributed by atoms with Gasteiger partial charge in [0.25, 0.3) is 10.0 Å². The molecule has 0 bridgehead atoms. The van der Waals surface area contributed by atoms with Crippen molar-refractivity contribution in [3.8, 4) is 0 Å². The van der Waals surface area contributed by atoms with Crippen molar-refractivity contribution in [1.82, 2.24) is 9.29 Å². The van der Waals surface area contributed by atoms with Crippen molar-refractivity contribution < 1.29 is 13.5 Å². The molecule has 1 fully saturated rings. The number of hydrogen-bond donors (Lipinski definition) is 1. The molecule has 1 aromatic heterocycles. The lowest BCUT2D eigenvalue weighted by Gasteiger charge is -2.19. The highest BCUT2D eigenvalue weighted by Crippen LogP contribution is 2.34. The fourth-order valence-electron chi connectivity index (χ4n) is 1.43. The molecule has 0 unspecified atom stereocenters. The molecular weight excluding hydrogens is 272 g/mol. The Balaban J connectivity index is 2.28. The highest BCUT2D eigenvalue weighted by molar-refractivity contribution is 7.91. The van der Waals surface area contributed by atoms with Crippen LogP contribution in [0.3, 0.4) is 0 Å². The number of hydrogen-bond acceptors (Lipinski definition) is 5. The number of aliphatic hydroxyl groups excluding tert-OH is 1. The van der Waals surface area contributed by atoms with Crippen LogP contribution in [0.1, 0.15) is 12.8 Å². The van der Waals surface area contributed by atoms with Crippen molar-refractivity contribution in [3.63, 3.8) is 0 Å². The third-order valence-electron chi connectivity index (χ3n) is 2.29. The summed E-state index contributed by atoms with van der Waals surface area (Å²) in [5.41, 5.74) is 0. The van der Waals surface area contributed by atoms with Gasteiger partial charge in [-0.2, -0.15) is 4.31 Å². The van der Waals surface area contributed by atoms with Gasteiger partial charge in [-0.15, -0.1) is 0 Å². The van der Waals surface area contributed by atoms with Gasteiger partial charge in [0.15, 0.2) is 8.68 Å². The number of halogens is 1. The Bertz CT molecular complexity index is 469. The molecule has 0 spiro atoms. The molecule has 0 radical (unpaired) electrons. The van der Waals surface area contributed by atoms with Crippen LogP contribution in [0.25, 0.3) is 0 Å². The van der Waals surface area contributed by atoms with E-state index < -0.39 is 10.0 Å². The van der Waals surface area contributed by atoms with E-state index in [1.165, 1.54) is 10.5 Å². The molecule has 1 aromatic rings. The van der Waals surface area contributed by atoms with Gasteiger partial charge in [-0.25, -0.2) is 13.4 Å². The van der Waals surface area contributed by atoms with Crippen molar-refractivity contribution in [1.29, 1.82) is 0 Å². The third kappa shape index (κ3) is 2.38. The number of rotatable bonds is 5. The molecule has 0 amide bonds. The summed E-state index contributed by atoms with van der Waals surface area (Å²) in [5.74, 6) is 0. The molecule has 2 rings (SSSR count). The summed E-state index contributed by atoms with van der Waals surface area (Å²) in [4.78, 5) is 3.72. The average Bonchev–Trinajstić information content (AvgIpc) is 2.96. The molecule has 1 N–H and O–H groups in total. The zero-order valence-electron chi connectivity index (χ0n) is 8.34. The largest absolute Gasteiger partial charge is 0.395 e. The lowest BCUT2D eigenvalue weighted by atomic mass is 10.6. The third-order valence-corrected chi connectivity index (χ3v) is 5.80. The van der Waals surface area contributed by atoms with Crippen molar-refractivity contribution in [2.45, 2.75) is 23.1 Å². The normalized spacial score (nSPS) is 16.9. The van der Waals surface area contributed by atoms with Gasteiger partial charge in [-0.05, 0) is 12.8 Å². The Labute approximate surface area is 103 Å². The van der Waals surface area contributed by atoms with E-state index in [1.54, 1.807) is 0 Å². The first-order valence-corrected chi connectivity index (χ1v) is 7.43. The molecule has 1 aliphatic rings. The van der Waals surface area contributed by atoms with Crippen LogP contribution in [0.5, 0.6) is 0 Å². The van der Waals surface area contributed by atoms with E-state index in [1.807, 2.05) is 0 Å². The quantitative estimate of drug-likeness (QED) is 0.873. The molecule has 90 valence electrons. The molecule has 0 atom stereocenters. The molecule has 1 heterocycles. The van der Waals surface area contributed by atoms with Gasteiger partial charge in [0.2, 0.25) is 0 Å². The number of aromatic nitrogens is 1. The molecule has 0 aromatic carbocycles. The first kappa shape index (κ1) is 12.3. The minimum atomic E-state index is -3.53. The van der Waals surface area contributed by atoms with Crippen LogP contribution in [-0.4, -0.2) is 42.0 Å². The molecule has 0 saturated heterocycles. The summed E-state index contributed by atoms with van der Waals surface area (Å²) < 4.78 is 26.0. The standard InChI is InChI=1S/C8H11ClN2O3S2/c9-8-10-5-7(15-8)16(13,14)11(3-4-12)6-1-2-6/h5-6,12H,1-4H2. The van der Waals surface area contributed by atoms with Gasteiger partial charge in [0.05, 0.1) is 12.8 Å². The number of sulfonamides is 1. The van der Waals surface area contributed by atoms with Crippen LogP contribution >= 0.6 is 22.9 Å². The van der Waals surface area contributed by atoms with Gasteiger partial charge < -0.3 is 5.11 Å². The van der Waals surface area contributed by atoms with Crippen LogP contribution in [0, 0.1) is 0 Å². The zero-order valence-corrected chi connectivity index (χ0v) is 10.7. The highest BCUT2D eigenvalue weighted by atomic mass is 35.5. The van der Waals surface area contributed by atoms with E-state index in [9.17, 15) is 8.42 Å². The molecule has 8 heteroatoms. The van der Waals surface area contributed by atoms with E-state index in [4.69, 9.17) is 16.7 Å². The second-order valence-corrected chi connectivity index (χ2v) is 7.23. The van der Waals surface area contributed by atoms with Gasteiger partial charge in [-0.1, -0.05) is 22.9 Å². The predicted octanol–water partition coefficient (Wildman–Crippen LogP) is 0.942. The Kier molecular flexibility index (Phi) is 3.50. The van der Waals surface area contributed by atoms with Crippen LogP contribution in [-0.2, 0) is 10.0 Å². The number of nitrogens with zero attached hydrogens (tertiary/aromatic N) is 2. The molecule has 16 heavy (non-hydrogen) atoms. The van der Waals surface area contributed by atoms with Crippen LogP contribution in [0.4, 0.5) is 0 Å². The van der Waals surface area contributed by atoms with E-state index in [0.29, 0.717) is 0 Å². The Morgan fingerprint density at radius 1 is 1.62 bits per heavy atom. The summed E-state index contributed by atoms with van der Waals surface area (Å²) in [7, 11) is -3.53. The molecule has 1 aliphatic carbocycles. The van der Waals surface area contributed by atoms with Crippen molar-refractivity contribution >= 4 is 33.0 Å². The van der Waals surface area contributed by atoms with Gasteiger partial charge in [-0.3, -0.25) is 0 Å². The maximum Gasteiger partial charge on any atom is 0.254 e. The summed E-state index contributed by atoms with van der Waals surface area (Å²) >= 11 is 6.56. The zero-order chi connectivity index (χ0) is 11.8. The Morgan fingerprint density at radius 3 is 2.75 bits per heavy atom. The Hall–Kier alpha value is -0.210. The first-order chi connectivity index (χ1) is 7.55. The highest BCUT2D eigenvalue weighted by Gasteiger charge is 2.38. The van der Waals surface area contributed by atoms with E-state index in [0.717, 1.165) is 24.2 Å². The fraction of sp³-hybridized carbons (Fsp3) is 0.625. The molecule has 5 nitrogen and oxygen atoms in total. The maximum absolute atomic E-state index is 12.1. The lowest BCUT2D eigenvalue weighted by molar-refractivity contribution is 0.250. The predicted molar refractivity (Wildman–Crippen MR) is 61.1 cm³/mol.